The highest BCUT2D eigenvalue weighted by molar-refractivity contribution is 7.89. The number of rotatable bonds is 7. The van der Waals surface area contributed by atoms with Crippen LogP contribution in [-0.4, -0.2) is 73.7 Å². The van der Waals surface area contributed by atoms with Gasteiger partial charge in [0.2, 0.25) is 10.0 Å². The van der Waals surface area contributed by atoms with Crippen molar-refractivity contribution in [2.24, 2.45) is 0 Å². The first-order valence-electron chi connectivity index (χ1n) is 13.7. The van der Waals surface area contributed by atoms with Crippen molar-refractivity contribution in [3.63, 3.8) is 0 Å². The second-order valence-corrected chi connectivity index (χ2v) is 13.1. The van der Waals surface area contributed by atoms with Crippen LogP contribution < -0.4 is 10.1 Å². The van der Waals surface area contributed by atoms with Gasteiger partial charge in [-0.15, -0.1) is 0 Å². The molecule has 0 saturated carbocycles. The lowest BCUT2D eigenvalue weighted by Gasteiger charge is -2.32. The Hall–Kier alpha value is -3.31. The van der Waals surface area contributed by atoms with E-state index in [-0.39, 0.29) is 29.7 Å². The molecule has 2 aliphatic heterocycles. The fourth-order valence-electron chi connectivity index (χ4n) is 4.73. The second kappa shape index (κ2) is 12.9. The molecule has 11 heteroatoms. The van der Waals surface area contributed by atoms with Gasteiger partial charge in [-0.1, -0.05) is 36.4 Å². The van der Waals surface area contributed by atoms with E-state index in [9.17, 15) is 18.0 Å². The number of piperidine rings is 2. The summed E-state index contributed by atoms with van der Waals surface area (Å²) in [6.45, 7) is 7.23. The van der Waals surface area contributed by atoms with Crippen LogP contribution >= 0.6 is 0 Å². The summed E-state index contributed by atoms with van der Waals surface area (Å²) in [4.78, 5) is 26.3. The molecule has 0 aliphatic carbocycles. The molecule has 0 unspecified atom stereocenters. The van der Waals surface area contributed by atoms with E-state index in [2.05, 4.69) is 5.32 Å². The maximum absolute atomic E-state index is 13.3. The summed E-state index contributed by atoms with van der Waals surface area (Å²) in [7, 11) is -3.72. The summed E-state index contributed by atoms with van der Waals surface area (Å²) in [5.74, 6) is 0.479. The molecule has 1 N–H and O–H groups in total. The number of carbonyl (C=O) groups excluding carboxylic acids is 2. The van der Waals surface area contributed by atoms with Crippen LogP contribution in [0.25, 0.3) is 0 Å². The van der Waals surface area contributed by atoms with E-state index < -0.39 is 21.7 Å². The maximum atomic E-state index is 13.3. The molecule has 0 bridgehead atoms. The Kier molecular flexibility index (Phi) is 9.57. The predicted octanol–water partition coefficient (Wildman–Crippen LogP) is 4.54. The third-order valence-electron chi connectivity index (χ3n) is 6.83. The molecule has 2 aromatic carbocycles. The van der Waals surface area contributed by atoms with E-state index in [0.717, 1.165) is 5.56 Å². The van der Waals surface area contributed by atoms with Crippen molar-refractivity contribution in [2.45, 2.75) is 75.7 Å². The molecule has 10 nitrogen and oxygen atoms in total. The Morgan fingerprint density at radius 1 is 0.925 bits per heavy atom. The molecular formula is C29H39N3O7S. The van der Waals surface area contributed by atoms with Gasteiger partial charge in [-0.25, -0.2) is 18.0 Å². The van der Waals surface area contributed by atoms with Crippen LogP contribution in [-0.2, 0) is 26.1 Å². The van der Waals surface area contributed by atoms with E-state index in [1.165, 1.54) is 4.31 Å². The third kappa shape index (κ3) is 8.34. The summed E-state index contributed by atoms with van der Waals surface area (Å²) < 4.78 is 44.9. The highest BCUT2D eigenvalue weighted by Crippen LogP contribution is 2.26. The van der Waals surface area contributed by atoms with E-state index in [1.807, 2.05) is 30.3 Å². The first kappa shape index (κ1) is 29.7. The van der Waals surface area contributed by atoms with Crippen molar-refractivity contribution in [1.29, 1.82) is 0 Å². The average molecular weight is 574 g/mol. The maximum Gasteiger partial charge on any atom is 0.410 e. The monoisotopic (exact) mass is 573 g/mol. The number of alkyl carbamates (subject to hydrolysis) is 1. The molecule has 2 amide bonds. The van der Waals surface area contributed by atoms with Crippen LogP contribution in [0.3, 0.4) is 0 Å². The number of hydrogen-bond acceptors (Lipinski definition) is 7. The molecule has 218 valence electrons. The zero-order valence-electron chi connectivity index (χ0n) is 23.4. The minimum Gasteiger partial charge on any atom is -0.490 e. The molecule has 4 rings (SSSR count). The van der Waals surface area contributed by atoms with Crippen LogP contribution in [0.2, 0.25) is 0 Å². The highest BCUT2D eigenvalue weighted by Gasteiger charge is 2.31. The Balaban J connectivity index is 1.25. The first-order valence-corrected chi connectivity index (χ1v) is 15.2. The Labute approximate surface area is 236 Å². The number of nitrogens with one attached hydrogen (secondary N) is 1. The number of likely N-dealkylation sites (tertiary alicyclic amines) is 1. The largest absolute Gasteiger partial charge is 0.490 e. The molecule has 0 spiro atoms. The van der Waals surface area contributed by atoms with Crippen LogP contribution in [0.15, 0.2) is 59.5 Å². The molecule has 0 atom stereocenters. The standard InChI is InChI=1S/C29H39N3O7S/c1-29(2,3)39-27(33)30-23-12-18-32(19-13-23)40(35,36)26-11-7-10-25(20-26)38-24-14-16-31(17-15-24)28(34)37-21-22-8-5-4-6-9-22/h4-11,20,23-24H,12-19,21H2,1-3H3,(H,30,33). The number of sulfonamides is 1. The predicted molar refractivity (Wildman–Crippen MR) is 149 cm³/mol. The Morgan fingerprint density at radius 2 is 1.60 bits per heavy atom. The topological polar surface area (TPSA) is 114 Å². The first-order chi connectivity index (χ1) is 19.0. The number of hydrogen-bond donors (Lipinski definition) is 1. The van der Waals surface area contributed by atoms with E-state index >= 15 is 0 Å². The summed E-state index contributed by atoms with van der Waals surface area (Å²) in [5, 5.41) is 2.83. The zero-order valence-corrected chi connectivity index (χ0v) is 24.2. The molecule has 0 radical (unpaired) electrons. The minimum atomic E-state index is -3.72. The summed E-state index contributed by atoms with van der Waals surface area (Å²) in [5.41, 5.74) is 0.345. The number of ether oxygens (including phenoxy) is 3. The lowest BCUT2D eigenvalue weighted by Crippen LogP contribution is -2.47. The fraction of sp³-hybridized carbons (Fsp3) is 0.517. The molecular weight excluding hydrogens is 534 g/mol. The average Bonchev–Trinajstić information content (AvgIpc) is 2.92. The van der Waals surface area contributed by atoms with Gasteiger partial charge in [0.15, 0.2) is 0 Å². The van der Waals surface area contributed by atoms with Crippen molar-refractivity contribution in [3.8, 4) is 5.75 Å². The van der Waals surface area contributed by atoms with Gasteiger partial charge in [-0.3, -0.25) is 0 Å². The number of nitrogens with zero attached hydrogens (tertiary/aromatic N) is 2. The van der Waals surface area contributed by atoms with Crippen molar-refractivity contribution < 1.29 is 32.2 Å². The lowest BCUT2D eigenvalue weighted by molar-refractivity contribution is 0.0489. The van der Waals surface area contributed by atoms with Crippen LogP contribution in [0.4, 0.5) is 9.59 Å². The van der Waals surface area contributed by atoms with Gasteiger partial charge >= 0.3 is 12.2 Å². The molecule has 2 aliphatic rings. The highest BCUT2D eigenvalue weighted by atomic mass is 32.2. The van der Waals surface area contributed by atoms with Crippen LogP contribution in [0, 0.1) is 0 Å². The van der Waals surface area contributed by atoms with Gasteiger partial charge in [-0.2, -0.15) is 4.31 Å². The van der Waals surface area contributed by atoms with Gasteiger partial charge in [-0.05, 0) is 51.3 Å². The number of carbonyl (C=O) groups is 2. The molecule has 0 aromatic heterocycles. The van der Waals surface area contributed by atoms with E-state index in [0.29, 0.717) is 57.6 Å². The van der Waals surface area contributed by atoms with Gasteiger partial charge in [0.1, 0.15) is 24.1 Å². The molecule has 2 fully saturated rings. The molecule has 2 heterocycles. The van der Waals surface area contributed by atoms with Crippen molar-refractivity contribution >= 4 is 22.2 Å². The third-order valence-corrected chi connectivity index (χ3v) is 8.72. The molecule has 2 saturated heterocycles. The zero-order chi connectivity index (χ0) is 28.8. The molecule has 2 aromatic rings. The van der Waals surface area contributed by atoms with Gasteiger partial charge in [0, 0.05) is 51.1 Å². The Bertz CT molecular complexity index is 1250. The Morgan fingerprint density at radius 3 is 2.25 bits per heavy atom. The number of amides is 2. The van der Waals surface area contributed by atoms with E-state index in [1.54, 1.807) is 49.9 Å². The molecule has 40 heavy (non-hydrogen) atoms. The van der Waals surface area contributed by atoms with Gasteiger partial charge < -0.3 is 24.4 Å². The minimum absolute atomic E-state index is 0.134. The van der Waals surface area contributed by atoms with Crippen LogP contribution in [0.1, 0.15) is 52.0 Å². The smallest absolute Gasteiger partial charge is 0.410 e. The normalized spacial score (nSPS) is 17.7. The van der Waals surface area contributed by atoms with Crippen molar-refractivity contribution in [1.82, 2.24) is 14.5 Å². The fourth-order valence-corrected chi connectivity index (χ4v) is 6.24. The lowest BCUT2D eigenvalue weighted by atomic mass is 10.1. The van der Waals surface area contributed by atoms with Crippen molar-refractivity contribution in [3.05, 3.63) is 60.2 Å². The van der Waals surface area contributed by atoms with E-state index in [4.69, 9.17) is 14.2 Å². The quantitative estimate of drug-likeness (QED) is 0.517. The summed E-state index contributed by atoms with van der Waals surface area (Å²) >= 11 is 0. The summed E-state index contributed by atoms with van der Waals surface area (Å²) in [6, 6.07) is 15.9. The second-order valence-electron chi connectivity index (χ2n) is 11.1. The van der Waals surface area contributed by atoms with Gasteiger partial charge in [0.05, 0.1) is 4.90 Å². The number of benzene rings is 2. The van der Waals surface area contributed by atoms with Crippen molar-refractivity contribution in [2.75, 3.05) is 26.2 Å². The van der Waals surface area contributed by atoms with Crippen LogP contribution in [0.5, 0.6) is 5.75 Å². The van der Waals surface area contributed by atoms with Gasteiger partial charge in [0.25, 0.3) is 0 Å². The SMILES string of the molecule is CC(C)(C)OC(=O)NC1CCN(S(=O)(=O)c2cccc(OC3CCN(C(=O)OCc4ccccc4)CC3)c2)CC1. The summed E-state index contributed by atoms with van der Waals surface area (Å²) in [6.07, 6.45) is 1.27.